The quantitative estimate of drug-likeness (QED) is 0.397. The van der Waals surface area contributed by atoms with E-state index in [1.807, 2.05) is 11.8 Å². The first-order chi connectivity index (χ1) is 4.68. The maximum absolute atomic E-state index is 5.63. The van der Waals surface area contributed by atoms with Gasteiger partial charge >= 0.3 is 0 Å². The predicted octanol–water partition coefficient (Wildman–Crippen LogP) is 1.71. The van der Waals surface area contributed by atoms with Crippen LogP contribution in [0, 0.1) is 0 Å². The van der Waals surface area contributed by atoms with Crippen LogP contribution in [0.3, 0.4) is 0 Å². The summed E-state index contributed by atoms with van der Waals surface area (Å²) in [6.45, 7) is 2.13. The van der Waals surface area contributed by atoms with Gasteiger partial charge in [-0.25, -0.2) is 0 Å². The first-order valence-corrected chi connectivity index (χ1v) is 5.25. The molecule has 0 saturated carbocycles. The molecule has 0 aliphatic heterocycles. The lowest BCUT2D eigenvalue weighted by atomic mass is 10.3. The van der Waals surface area contributed by atoms with Crippen LogP contribution in [0.2, 0.25) is 0 Å². The molecule has 0 unspecified atom stereocenters. The van der Waals surface area contributed by atoms with Crippen molar-refractivity contribution in [2.75, 3.05) is 11.5 Å². The van der Waals surface area contributed by atoms with Gasteiger partial charge in [-0.15, -0.1) is 12.6 Å². The normalized spacial score (nSPS) is 13.1. The van der Waals surface area contributed by atoms with Gasteiger partial charge in [0.15, 0.2) is 0 Å². The van der Waals surface area contributed by atoms with E-state index in [0.717, 1.165) is 17.9 Å². The molecule has 0 aromatic carbocycles. The van der Waals surface area contributed by atoms with Crippen molar-refractivity contribution < 1.29 is 0 Å². The molecule has 0 aliphatic rings. The van der Waals surface area contributed by atoms with Crippen LogP contribution in [-0.4, -0.2) is 21.7 Å². The van der Waals surface area contributed by atoms with E-state index in [1.165, 1.54) is 0 Å². The summed E-state index contributed by atoms with van der Waals surface area (Å²) in [5.74, 6) is 2.23. The first kappa shape index (κ1) is 10.8. The van der Waals surface area contributed by atoms with Gasteiger partial charge in [-0.05, 0) is 17.9 Å². The molecule has 0 fully saturated rings. The van der Waals surface area contributed by atoms with Gasteiger partial charge in [-0.1, -0.05) is 19.1 Å². The maximum atomic E-state index is 5.63. The van der Waals surface area contributed by atoms with E-state index < -0.39 is 0 Å². The average Bonchev–Trinajstić information content (AvgIpc) is 1.88. The molecule has 0 spiro atoms. The second-order valence-electron chi connectivity index (χ2n) is 1.93. The molecular formula is C6H13NS3. The Labute approximate surface area is 77.5 Å². The number of thioether (sulfide) groups is 1. The fourth-order valence-corrected chi connectivity index (χ4v) is 1.43. The van der Waals surface area contributed by atoms with E-state index in [-0.39, 0.29) is 6.04 Å². The molecule has 0 aromatic heterocycles. The first-order valence-electron chi connectivity index (χ1n) is 3.24. The van der Waals surface area contributed by atoms with E-state index in [9.17, 15) is 0 Å². The Bertz CT molecular complexity index is 105. The lowest BCUT2D eigenvalue weighted by Crippen LogP contribution is -2.26. The summed E-state index contributed by atoms with van der Waals surface area (Å²) in [4.78, 5) is 0. The molecule has 0 bridgehead atoms. The zero-order chi connectivity index (χ0) is 7.98. The predicted molar refractivity (Wildman–Crippen MR) is 57.2 cm³/mol. The van der Waals surface area contributed by atoms with Crippen LogP contribution in [0.15, 0.2) is 0 Å². The van der Waals surface area contributed by atoms with Crippen molar-refractivity contribution in [2.24, 2.45) is 5.73 Å². The van der Waals surface area contributed by atoms with Crippen LogP contribution in [0.5, 0.6) is 0 Å². The van der Waals surface area contributed by atoms with Gasteiger partial charge in [0, 0.05) is 6.04 Å². The summed E-state index contributed by atoms with van der Waals surface area (Å²) >= 11 is 10.7. The zero-order valence-electron chi connectivity index (χ0n) is 6.04. The Morgan fingerprint density at radius 3 is 2.80 bits per heavy atom. The molecule has 0 rings (SSSR count). The highest BCUT2D eigenvalue weighted by Gasteiger charge is 2.03. The third-order valence-corrected chi connectivity index (χ3v) is 2.66. The number of rotatable bonds is 5. The number of hydrogen-bond donors (Lipinski definition) is 2. The Kier molecular flexibility index (Phi) is 6.94. The van der Waals surface area contributed by atoms with E-state index in [2.05, 4.69) is 19.6 Å². The smallest absolute Gasteiger partial charge is 0.0616 e. The van der Waals surface area contributed by atoms with Gasteiger partial charge in [0.2, 0.25) is 0 Å². The highest BCUT2D eigenvalue weighted by Crippen LogP contribution is 2.04. The van der Waals surface area contributed by atoms with Gasteiger partial charge in [0.25, 0.3) is 0 Å². The van der Waals surface area contributed by atoms with Crippen molar-refractivity contribution in [3.63, 3.8) is 0 Å². The number of thiocarbonyl (C=S) groups is 1. The maximum Gasteiger partial charge on any atom is 0.0616 e. The van der Waals surface area contributed by atoms with Crippen LogP contribution in [0.4, 0.5) is 0 Å². The molecule has 60 valence electrons. The molecular weight excluding hydrogens is 182 g/mol. The number of thiol groups is 1. The monoisotopic (exact) mass is 195 g/mol. The standard InChI is InChI=1S/C6H13NS3/c1-2-10-4-3-5(7)6(8)9/h5H,2-4,7H2,1H3,(H,8,9)/t5-/m0/s1. The largest absolute Gasteiger partial charge is 0.323 e. The van der Waals surface area contributed by atoms with Gasteiger partial charge in [-0.3, -0.25) is 0 Å². The molecule has 1 atom stereocenters. The van der Waals surface area contributed by atoms with Crippen molar-refractivity contribution in [2.45, 2.75) is 19.4 Å². The molecule has 10 heavy (non-hydrogen) atoms. The summed E-state index contributed by atoms with van der Waals surface area (Å²) in [7, 11) is 0. The van der Waals surface area contributed by atoms with Gasteiger partial charge < -0.3 is 5.73 Å². The highest BCUT2D eigenvalue weighted by atomic mass is 32.2. The molecule has 2 N–H and O–H groups in total. The van der Waals surface area contributed by atoms with Crippen LogP contribution < -0.4 is 5.73 Å². The molecule has 0 aromatic rings. The van der Waals surface area contributed by atoms with E-state index in [4.69, 9.17) is 18.0 Å². The molecule has 0 amide bonds. The van der Waals surface area contributed by atoms with Crippen molar-refractivity contribution in [3.05, 3.63) is 0 Å². The van der Waals surface area contributed by atoms with Crippen LogP contribution in [0.25, 0.3) is 0 Å². The fraction of sp³-hybridized carbons (Fsp3) is 0.833. The third-order valence-electron chi connectivity index (χ3n) is 1.09. The minimum Gasteiger partial charge on any atom is -0.323 e. The topological polar surface area (TPSA) is 26.0 Å². The van der Waals surface area contributed by atoms with Gasteiger partial charge in [-0.2, -0.15) is 11.8 Å². The molecule has 0 aliphatic carbocycles. The lowest BCUT2D eigenvalue weighted by molar-refractivity contribution is 0.847. The molecule has 4 heteroatoms. The summed E-state index contributed by atoms with van der Waals surface area (Å²) < 4.78 is 0.622. The van der Waals surface area contributed by atoms with Crippen molar-refractivity contribution in [3.8, 4) is 0 Å². The SMILES string of the molecule is CCSCC[C@H](N)C(=S)S. The van der Waals surface area contributed by atoms with Crippen LogP contribution in [-0.2, 0) is 0 Å². The molecule has 0 heterocycles. The van der Waals surface area contributed by atoms with Crippen molar-refractivity contribution in [1.29, 1.82) is 0 Å². The Hall–Kier alpha value is 0.750. The minimum atomic E-state index is -0.00242. The van der Waals surface area contributed by atoms with E-state index in [0.29, 0.717) is 4.20 Å². The molecule has 0 saturated heterocycles. The van der Waals surface area contributed by atoms with E-state index in [1.54, 1.807) is 0 Å². The molecule has 0 radical (unpaired) electrons. The second-order valence-corrected chi connectivity index (χ2v) is 4.55. The van der Waals surface area contributed by atoms with Crippen LogP contribution in [0.1, 0.15) is 13.3 Å². The van der Waals surface area contributed by atoms with Crippen molar-refractivity contribution >= 4 is 40.8 Å². The zero-order valence-corrected chi connectivity index (χ0v) is 8.57. The summed E-state index contributed by atoms with van der Waals surface area (Å²) in [6, 6.07) is -0.00242. The summed E-state index contributed by atoms with van der Waals surface area (Å²) in [5.41, 5.74) is 5.63. The third kappa shape index (κ3) is 5.53. The summed E-state index contributed by atoms with van der Waals surface area (Å²) in [6.07, 6.45) is 0.945. The Morgan fingerprint density at radius 1 is 1.80 bits per heavy atom. The van der Waals surface area contributed by atoms with Gasteiger partial charge in [0.1, 0.15) is 0 Å². The number of hydrogen-bond acceptors (Lipinski definition) is 3. The minimum absolute atomic E-state index is 0.00242. The lowest BCUT2D eigenvalue weighted by Gasteiger charge is -2.06. The number of nitrogens with two attached hydrogens (primary N) is 1. The second kappa shape index (κ2) is 6.46. The highest BCUT2D eigenvalue weighted by molar-refractivity contribution is 8.11. The van der Waals surface area contributed by atoms with Crippen LogP contribution >= 0.6 is 36.6 Å². The van der Waals surface area contributed by atoms with E-state index >= 15 is 0 Å². The molecule has 1 nitrogen and oxygen atoms in total. The summed E-state index contributed by atoms with van der Waals surface area (Å²) in [5, 5.41) is 0. The Balaban J connectivity index is 3.21. The average molecular weight is 195 g/mol. The van der Waals surface area contributed by atoms with Crippen molar-refractivity contribution in [1.82, 2.24) is 0 Å². The Morgan fingerprint density at radius 2 is 2.40 bits per heavy atom. The van der Waals surface area contributed by atoms with Gasteiger partial charge in [0.05, 0.1) is 4.20 Å². The fourth-order valence-electron chi connectivity index (χ4n) is 0.478.